The summed E-state index contributed by atoms with van der Waals surface area (Å²) >= 11 is 0. The van der Waals surface area contributed by atoms with Crippen LogP contribution >= 0.6 is 7.82 Å². The van der Waals surface area contributed by atoms with Gasteiger partial charge in [-0.05, 0) is 24.3 Å². The van der Waals surface area contributed by atoms with Gasteiger partial charge in [0.25, 0.3) is 0 Å². The second kappa shape index (κ2) is 8.66. The van der Waals surface area contributed by atoms with Gasteiger partial charge < -0.3 is 28.0 Å². The zero-order valence-corrected chi connectivity index (χ0v) is 17.5. The van der Waals surface area contributed by atoms with Gasteiger partial charge in [-0.3, -0.25) is 9.79 Å². The molecule has 3 aromatic rings. The average Bonchev–Trinajstić information content (AvgIpc) is 3.20. The molecule has 0 spiro atoms. The molecule has 2 N–H and O–H groups in total. The van der Waals surface area contributed by atoms with E-state index in [2.05, 4.69) is 5.16 Å². The maximum atomic E-state index is 11.5. The number of rotatable bonds is 8. The van der Waals surface area contributed by atoms with Gasteiger partial charge in [-0.25, -0.2) is 4.57 Å². The summed E-state index contributed by atoms with van der Waals surface area (Å²) in [5.74, 6) is 1.47. The molecule has 0 radical (unpaired) electrons. The first-order valence-electron chi connectivity index (χ1n) is 8.49. The molecule has 0 atom stereocenters. The van der Waals surface area contributed by atoms with Crippen molar-refractivity contribution in [2.45, 2.75) is 0 Å². The molecule has 0 fully saturated rings. The second-order valence-corrected chi connectivity index (χ2v) is 7.10. The van der Waals surface area contributed by atoms with Gasteiger partial charge in [0, 0.05) is 17.2 Å². The molecule has 1 heterocycles. The molecule has 30 heavy (non-hydrogen) atoms. The summed E-state index contributed by atoms with van der Waals surface area (Å²) in [4.78, 5) is 18.6. The number of ether oxygens (including phenoxy) is 4. The third kappa shape index (κ3) is 4.35. The molecule has 0 aliphatic rings. The molecule has 0 aliphatic heterocycles. The van der Waals surface area contributed by atoms with E-state index in [1.807, 2.05) is 0 Å². The van der Waals surface area contributed by atoms with Crippen LogP contribution in [0.3, 0.4) is 0 Å². The SMILES string of the molecule is COc1ccc(-c2conc2-c2cc(OC)c(OC)c(OC)c2)c(OP(=O)(O)O)c1. The highest BCUT2D eigenvalue weighted by atomic mass is 31.2. The van der Waals surface area contributed by atoms with Crippen molar-refractivity contribution >= 4 is 7.82 Å². The monoisotopic (exact) mass is 437 g/mol. The Balaban J connectivity index is 2.18. The van der Waals surface area contributed by atoms with Crippen LogP contribution in [0.25, 0.3) is 22.4 Å². The van der Waals surface area contributed by atoms with Crippen molar-refractivity contribution < 1.29 is 42.3 Å². The molecule has 160 valence electrons. The van der Waals surface area contributed by atoms with Crippen LogP contribution < -0.4 is 23.5 Å². The van der Waals surface area contributed by atoms with Crippen LogP contribution in [0, 0.1) is 0 Å². The summed E-state index contributed by atoms with van der Waals surface area (Å²) < 4.78 is 42.7. The van der Waals surface area contributed by atoms with Gasteiger partial charge in [0.1, 0.15) is 23.5 Å². The highest BCUT2D eigenvalue weighted by Crippen LogP contribution is 2.47. The lowest BCUT2D eigenvalue weighted by molar-refractivity contribution is 0.283. The van der Waals surface area contributed by atoms with Gasteiger partial charge in [-0.15, -0.1) is 0 Å². The van der Waals surface area contributed by atoms with Crippen molar-refractivity contribution in [3.8, 4) is 51.1 Å². The summed E-state index contributed by atoms with van der Waals surface area (Å²) in [6.45, 7) is 0. The zero-order valence-electron chi connectivity index (χ0n) is 16.6. The quantitative estimate of drug-likeness (QED) is 0.505. The van der Waals surface area contributed by atoms with E-state index < -0.39 is 7.82 Å². The smallest absolute Gasteiger partial charge is 0.497 e. The summed E-state index contributed by atoms with van der Waals surface area (Å²) in [6, 6.07) is 7.91. The molecule has 0 aliphatic carbocycles. The first kappa shape index (κ1) is 21.5. The molecule has 0 bridgehead atoms. The first-order valence-corrected chi connectivity index (χ1v) is 10.0. The lowest BCUT2D eigenvalue weighted by atomic mass is 10.00. The second-order valence-electron chi connectivity index (χ2n) is 5.93. The molecule has 3 rings (SSSR count). The Hall–Kier alpha value is -3.20. The molecule has 0 amide bonds. The predicted octanol–water partition coefficient (Wildman–Crippen LogP) is 3.51. The van der Waals surface area contributed by atoms with E-state index >= 15 is 0 Å². The molecule has 2 aromatic carbocycles. The van der Waals surface area contributed by atoms with Crippen molar-refractivity contribution in [2.24, 2.45) is 0 Å². The number of phosphoric ester groups is 1. The first-order chi connectivity index (χ1) is 14.3. The van der Waals surface area contributed by atoms with Crippen LogP contribution in [0.2, 0.25) is 0 Å². The molecule has 10 nitrogen and oxygen atoms in total. The van der Waals surface area contributed by atoms with E-state index in [0.29, 0.717) is 45.4 Å². The van der Waals surface area contributed by atoms with Gasteiger partial charge in [-0.1, -0.05) is 5.16 Å². The van der Waals surface area contributed by atoms with Crippen LogP contribution in [0.4, 0.5) is 0 Å². The summed E-state index contributed by atoms with van der Waals surface area (Å²) in [5, 5.41) is 4.04. The van der Waals surface area contributed by atoms with Gasteiger partial charge in [0.2, 0.25) is 5.75 Å². The van der Waals surface area contributed by atoms with Crippen molar-refractivity contribution in [2.75, 3.05) is 28.4 Å². The highest BCUT2D eigenvalue weighted by Gasteiger charge is 2.24. The van der Waals surface area contributed by atoms with Crippen molar-refractivity contribution in [3.63, 3.8) is 0 Å². The Kier molecular flexibility index (Phi) is 6.21. The predicted molar refractivity (Wildman–Crippen MR) is 106 cm³/mol. The van der Waals surface area contributed by atoms with Crippen molar-refractivity contribution in [1.82, 2.24) is 5.16 Å². The number of benzene rings is 2. The van der Waals surface area contributed by atoms with Crippen LogP contribution in [0.15, 0.2) is 41.1 Å². The van der Waals surface area contributed by atoms with E-state index in [4.69, 9.17) is 28.0 Å². The number of hydrogen-bond acceptors (Lipinski definition) is 8. The fraction of sp³-hybridized carbons (Fsp3) is 0.211. The summed E-state index contributed by atoms with van der Waals surface area (Å²) in [7, 11) is 1.06. The van der Waals surface area contributed by atoms with Gasteiger partial charge in [0.15, 0.2) is 11.5 Å². The fourth-order valence-corrected chi connectivity index (χ4v) is 3.32. The molecular weight excluding hydrogens is 417 g/mol. The topological polar surface area (TPSA) is 130 Å². The summed E-state index contributed by atoms with van der Waals surface area (Å²) in [5.41, 5.74) is 1.70. The lowest BCUT2D eigenvalue weighted by Gasteiger charge is -2.15. The van der Waals surface area contributed by atoms with E-state index in [-0.39, 0.29) is 5.75 Å². The fourth-order valence-electron chi connectivity index (χ4n) is 2.91. The number of phosphoric acid groups is 1. The van der Waals surface area contributed by atoms with E-state index in [1.54, 1.807) is 24.3 Å². The minimum atomic E-state index is -4.83. The average molecular weight is 437 g/mol. The van der Waals surface area contributed by atoms with Gasteiger partial charge in [0.05, 0.1) is 34.0 Å². The maximum Gasteiger partial charge on any atom is 0.524 e. The Bertz CT molecular complexity index is 1060. The zero-order chi connectivity index (χ0) is 21.9. The largest absolute Gasteiger partial charge is 0.524 e. The van der Waals surface area contributed by atoms with E-state index in [1.165, 1.54) is 40.8 Å². The third-order valence-electron chi connectivity index (χ3n) is 4.20. The number of hydrogen-bond donors (Lipinski definition) is 2. The number of methoxy groups -OCH3 is 4. The van der Waals surface area contributed by atoms with Crippen LogP contribution in [-0.4, -0.2) is 43.4 Å². The Labute approximate surface area is 172 Å². The van der Waals surface area contributed by atoms with Crippen LogP contribution in [0.1, 0.15) is 0 Å². The molecular formula is C19H20NO9P. The Morgan fingerprint density at radius 3 is 2.07 bits per heavy atom. The molecule has 11 heteroatoms. The van der Waals surface area contributed by atoms with E-state index in [0.717, 1.165) is 0 Å². The summed E-state index contributed by atoms with van der Waals surface area (Å²) in [6.07, 6.45) is 1.34. The molecule has 0 saturated carbocycles. The van der Waals surface area contributed by atoms with Crippen molar-refractivity contribution in [3.05, 3.63) is 36.6 Å². The molecule has 0 unspecified atom stereocenters. The molecule has 1 aromatic heterocycles. The number of aromatic nitrogens is 1. The maximum absolute atomic E-state index is 11.5. The standard InChI is InChI=1S/C19H20NO9P/c1-24-12-5-6-13(15(9-12)29-30(21,22)23)14-10-28-20-18(14)11-7-16(25-2)19(27-4)17(8-11)26-3/h5-10H,1-4H3,(H2,21,22,23). The Morgan fingerprint density at radius 2 is 1.53 bits per heavy atom. The lowest BCUT2D eigenvalue weighted by Crippen LogP contribution is -1.97. The van der Waals surface area contributed by atoms with Crippen LogP contribution in [-0.2, 0) is 4.57 Å². The van der Waals surface area contributed by atoms with Gasteiger partial charge >= 0.3 is 7.82 Å². The minimum absolute atomic E-state index is 0.0976. The minimum Gasteiger partial charge on any atom is -0.497 e. The van der Waals surface area contributed by atoms with E-state index in [9.17, 15) is 14.4 Å². The third-order valence-corrected chi connectivity index (χ3v) is 4.64. The van der Waals surface area contributed by atoms with Gasteiger partial charge in [-0.2, -0.15) is 0 Å². The Morgan fingerprint density at radius 1 is 0.867 bits per heavy atom. The van der Waals surface area contributed by atoms with Crippen molar-refractivity contribution in [1.29, 1.82) is 0 Å². The molecule has 0 saturated heterocycles. The van der Waals surface area contributed by atoms with Crippen LogP contribution in [0.5, 0.6) is 28.7 Å². The number of nitrogens with zero attached hydrogens (tertiary/aromatic N) is 1. The normalized spacial score (nSPS) is 11.1. The highest BCUT2D eigenvalue weighted by molar-refractivity contribution is 7.46.